The number of ether oxygens (including phenoxy) is 1. The quantitative estimate of drug-likeness (QED) is 0.917. The van der Waals surface area contributed by atoms with E-state index in [2.05, 4.69) is 0 Å². The van der Waals surface area contributed by atoms with Crippen molar-refractivity contribution in [3.8, 4) is 5.75 Å². The maximum absolute atomic E-state index is 12.7. The molecule has 0 spiro atoms. The topological polar surface area (TPSA) is 69.4 Å². The van der Waals surface area contributed by atoms with Gasteiger partial charge in [-0.15, -0.1) is 0 Å². The Morgan fingerprint density at radius 1 is 1.19 bits per heavy atom. The molecule has 0 fully saturated rings. The molecule has 0 saturated heterocycles. The molecule has 2 N–H and O–H groups in total. The molecule has 4 nitrogen and oxygen atoms in total. The van der Waals surface area contributed by atoms with Gasteiger partial charge in [0.05, 0.1) is 12.0 Å². The number of hydrogen-bond acceptors (Lipinski definition) is 4. The number of nitrogens with two attached hydrogens (primary N) is 1. The van der Waals surface area contributed by atoms with Crippen molar-refractivity contribution in [1.82, 2.24) is 0 Å². The van der Waals surface area contributed by atoms with Crippen molar-refractivity contribution in [1.29, 1.82) is 0 Å². The van der Waals surface area contributed by atoms with Gasteiger partial charge in [-0.3, -0.25) is 0 Å². The number of methoxy groups -OCH3 is 1. The molecule has 2 rings (SSSR count). The first kappa shape index (κ1) is 15.8. The van der Waals surface area contributed by atoms with Gasteiger partial charge in [-0.05, 0) is 42.0 Å². The van der Waals surface area contributed by atoms with E-state index in [0.717, 1.165) is 0 Å². The summed E-state index contributed by atoms with van der Waals surface area (Å²) in [7, 11) is -2.06. The van der Waals surface area contributed by atoms with E-state index in [4.69, 9.17) is 22.1 Å². The zero-order chi connectivity index (χ0) is 15.5. The monoisotopic (exact) mass is 325 g/mol. The molecule has 2 aromatic rings. The molecule has 0 aliphatic heterocycles. The lowest BCUT2D eigenvalue weighted by Crippen LogP contribution is -2.22. The smallest absolute Gasteiger partial charge is 0.186 e. The standard InChI is InChI=1S/C15H16ClNO3S/c1-20-13-5-7-14(8-6-13)21(18,19)15(10-17)11-3-2-4-12(16)9-11/h2-9,15H,10,17H2,1H3/t15-/m1/s1. The van der Waals surface area contributed by atoms with Crippen molar-refractivity contribution in [3.05, 3.63) is 59.1 Å². The molecule has 2 aromatic carbocycles. The fraction of sp³-hybridized carbons (Fsp3) is 0.200. The summed E-state index contributed by atoms with van der Waals surface area (Å²) in [6.07, 6.45) is 0. The molecule has 1 atom stereocenters. The maximum Gasteiger partial charge on any atom is 0.186 e. The number of sulfone groups is 1. The Morgan fingerprint density at radius 2 is 1.86 bits per heavy atom. The molecule has 0 aliphatic carbocycles. The molecular weight excluding hydrogens is 310 g/mol. The highest BCUT2D eigenvalue weighted by molar-refractivity contribution is 7.91. The van der Waals surface area contributed by atoms with Crippen LogP contribution in [0.5, 0.6) is 5.75 Å². The van der Waals surface area contributed by atoms with Gasteiger partial charge in [-0.2, -0.15) is 0 Å². The van der Waals surface area contributed by atoms with Crippen LogP contribution in [0.3, 0.4) is 0 Å². The van der Waals surface area contributed by atoms with Crippen LogP contribution in [0.2, 0.25) is 5.02 Å². The Morgan fingerprint density at radius 3 is 2.38 bits per heavy atom. The summed E-state index contributed by atoms with van der Waals surface area (Å²) in [6.45, 7) is -0.0191. The molecule has 112 valence electrons. The number of benzene rings is 2. The average molecular weight is 326 g/mol. The Kier molecular flexibility index (Phi) is 4.88. The van der Waals surface area contributed by atoms with Crippen LogP contribution in [-0.4, -0.2) is 22.1 Å². The van der Waals surface area contributed by atoms with Crippen molar-refractivity contribution in [3.63, 3.8) is 0 Å². The molecule has 6 heteroatoms. The fourth-order valence-corrected chi connectivity index (χ4v) is 3.88. The molecule has 21 heavy (non-hydrogen) atoms. The lowest BCUT2D eigenvalue weighted by Gasteiger charge is -2.17. The SMILES string of the molecule is COc1ccc(S(=O)(=O)[C@H](CN)c2cccc(Cl)c2)cc1. The van der Waals surface area contributed by atoms with Gasteiger partial charge in [0.15, 0.2) is 9.84 Å². The highest BCUT2D eigenvalue weighted by atomic mass is 35.5. The van der Waals surface area contributed by atoms with E-state index >= 15 is 0 Å². The minimum Gasteiger partial charge on any atom is -0.497 e. The molecule has 0 aromatic heterocycles. The maximum atomic E-state index is 12.7. The summed E-state index contributed by atoms with van der Waals surface area (Å²) in [5.41, 5.74) is 6.27. The fourth-order valence-electron chi connectivity index (χ4n) is 2.08. The van der Waals surface area contributed by atoms with E-state index < -0.39 is 15.1 Å². The second-order valence-electron chi connectivity index (χ2n) is 4.50. The van der Waals surface area contributed by atoms with Crippen molar-refractivity contribution in [2.75, 3.05) is 13.7 Å². The van der Waals surface area contributed by atoms with Crippen molar-refractivity contribution >= 4 is 21.4 Å². The normalized spacial score (nSPS) is 12.9. The van der Waals surface area contributed by atoms with Crippen molar-refractivity contribution in [2.45, 2.75) is 10.1 Å². The molecule has 0 amide bonds. The molecule has 0 heterocycles. The number of halogens is 1. The summed E-state index contributed by atoms with van der Waals surface area (Å²) in [5.74, 6) is 0.598. The Hall–Kier alpha value is -1.56. The molecule has 0 bridgehead atoms. The Bertz CT molecular complexity index is 714. The predicted octanol–water partition coefficient (Wildman–Crippen LogP) is 2.82. The van der Waals surface area contributed by atoms with Crippen LogP contribution in [0.25, 0.3) is 0 Å². The van der Waals surface area contributed by atoms with E-state index in [0.29, 0.717) is 16.3 Å². The highest BCUT2D eigenvalue weighted by Crippen LogP contribution is 2.30. The molecular formula is C15H16ClNO3S. The van der Waals surface area contributed by atoms with E-state index in [1.807, 2.05) is 0 Å². The van der Waals surface area contributed by atoms with Crippen LogP contribution in [0, 0.1) is 0 Å². The highest BCUT2D eigenvalue weighted by Gasteiger charge is 2.28. The second-order valence-corrected chi connectivity index (χ2v) is 7.07. The van der Waals surface area contributed by atoms with Gasteiger partial charge in [0.1, 0.15) is 11.0 Å². The largest absolute Gasteiger partial charge is 0.497 e. The van der Waals surface area contributed by atoms with Crippen LogP contribution >= 0.6 is 11.6 Å². The van der Waals surface area contributed by atoms with Gasteiger partial charge in [0.25, 0.3) is 0 Å². The third-order valence-corrected chi connectivity index (χ3v) is 5.58. The summed E-state index contributed by atoms with van der Waals surface area (Å²) in [6, 6.07) is 13.0. The first-order valence-corrected chi connectivity index (χ1v) is 8.25. The third kappa shape index (κ3) is 3.37. The van der Waals surface area contributed by atoms with E-state index in [1.165, 1.54) is 19.2 Å². The summed E-state index contributed by atoms with van der Waals surface area (Å²) >= 11 is 5.93. The zero-order valence-corrected chi connectivity index (χ0v) is 13.1. The first-order valence-electron chi connectivity index (χ1n) is 6.32. The van der Waals surface area contributed by atoms with E-state index in [1.54, 1.807) is 36.4 Å². The summed E-state index contributed by atoms with van der Waals surface area (Å²) < 4.78 is 30.5. The van der Waals surface area contributed by atoms with Crippen molar-refractivity contribution in [2.24, 2.45) is 5.73 Å². The summed E-state index contributed by atoms with van der Waals surface area (Å²) in [4.78, 5) is 0.207. The molecule has 0 saturated carbocycles. The Balaban J connectivity index is 2.44. The minimum atomic E-state index is -3.59. The number of rotatable bonds is 5. The Labute approximate surface area is 129 Å². The predicted molar refractivity (Wildman–Crippen MR) is 83.4 cm³/mol. The van der Waals surface area contributed by atoms with E-state index in [-0.39, 0.29) is 11.4 Å². The van der Waals surface area contributed by atoms with Gasteiger partial charge < -0.3 is 10.5 Å². The van der Waals surface area contributed by atoms with E-state index in [9.17, 15) is 8.42 Å². The van der Waals surface area contributed by atoms with Gasteiger partial charge in [0, 0.05) is 11.6 Å². The van der Waals surface area contributed by atoms with Crippen molar-refractivity contribution < 1.29 is 13.2 Å². The van der Waals surface area contributed by atoms with Gasteiger partial charge in [-0.25, -0.2) is 8.42 Å². The second kappa shape index (κ2) is 6.47. The zero-order valence-electron chi connectivity index (χ0n) is 11.5. The lowest BCUT2D eigenvalue weighted by molar-refractivity contribution is 0.414. The molecule has 0 radical (unpaired) electrons. The van der Waals surface area contributed by atoms with Crippen LogP contribution in [0.4, 0.5) is 0 Å². The van der Waals surface area contributed by atoms with Crippen LogP contribution in [-0.2, 0) is 9.84 Å². The van der Waals surface area contributed by atoms with Crippen LogP contribution < -0.4 is 10.5 Å². The van der Waals surface area contributed by atoms with Gasteiger partial charge in [0.2, 0.25) is 0 Å². The number of hydrogen-bond donors (Lipinski definition) is 1. The summed E-state index contributed by atoms with van der Waals surface area (Å²) in [5, 5.41) is -0.347. The minimum absolute atomic E-state index is 0.0191. The van der Waals surface area contributed by atoms with Crippen LogP contribution in [0.15, 0.2) is 53.4 Å². The van der Waals surface area contributed by atoms with Gasteiger partial charge in [-0.1, -0.05) is 23.7 Å². The molecule has 0 aliphatic rings. The third-order valence-electron chi connectivity index (χ3n) is 3.20. The lowest BCUT2D eigenvalue weighted by atomic mass is 10.1. The average Bonchev–Trinajstić information content (AvgIpc) is 2.48. The molecule has 0 unspecified atom stereocenters. The van der Waals surface area contributed by atoms with Gasteiger partial charge >= 0.3 is 0 Å². The first-order chi connectivity index (χ1) is 9.98. The van der Waals surface area contributed by atoms with Crippen LogP contribution in [0.1, 0.15) is 10.8 Å².